The maximum absolute atomic E-state index is 12.6. The van der Waals surface area contributed by atoms with Crippen molar-refractivity contribution in [3.63, 3.8) is 0 Å². The minimum absolute atomic E-state index is 0.471. The molecule has 102 valence electrons. The summed E-state index contributed by atoms with van der Waals surface area (Å²) in [6, 6.07) is 0.672. The van der Waals surface area contributed by atoms with Gasteiger partial charge in [-0.1, -0.05) is 0 Å². The van der Waals surface area contributed by atoms with Gasteiger partial charge >= 0.3 is 6.36 Å². The molecule has 0 aromatic carbocycles. The maximum atomic E-state index is 12.6. The molecule has 0 fully saturated rings. The van der Waals surface area contributed by atoms with Crippen molar-refractivity contribution in [2.24, 2.45) is 0 Å². The van der Waals surface area contributed by atoms with Crippen LogP contribution in [0.25, 0.3) is 0 Å². The largest absolute Gasteiger partial charge is 0.573 e. The zero-order chi connectivity index (χ0) is 13.9. The fraction of sp³-hybridized carbons (Fsp3) is 0.444. The van der Waals surface area contributed by atoms with Crippen molar-refractivity contribution in [2.45, 2.75) is 19.4 Å². The highest BCUT2D eigenvalue weighted by Crippen LogP contribution is 2.34. The molecule has 4 nitrogen and oxygen atoms in total. The van der Waals surface area contributed by atoms with Crippen molar-refractivity contribution in [1.82, 2.24) is 4.98 Å². The molecule has 1 aromatic rings. The monoisotopic (exact) mass is 273 g/mol. The number of aliphatic hydroxyl groups excluding tert-OH is 1. The molecule has 0 radical (unpaired) electrons. The van der Waals surface area contributed by atoms with Crippen LogP contribution >= 0.6 is 0 Å². The van der Waals surface area contributed by atoms with Crippen LogP contribution in [0.4, 0.5) is 22.0 Å². The standard InChI is InChI=1S/C9H8F5NO3/c1-17-6-2-5(18-9(12,13)14)4(3-16)7(15-6)8(10)11/h2,8,16H,3H2,1H3. The van der Waals surface area contributed by atoms with E-state index in [9.17, 15) is 22.0 Å². The van der Waals surface area contributed by atoms with E-state index >= 15 is 0 Å². The van der Waals surface area contributed by atoms with Gasteiger partial charge in [0.05, 0.1) is 13.7 Å². The first kappa shape index (κ1) is 14.4. The minimum Gasteiger partial charge on any atom is -0.481 e. The number of nitrogens with zero attached hydrogens (tertiary/aromatic N) is 1. The summed E-state index contributed by atoms with van der Waals surface area (Å²) in [5.74, 6) is -1.44. The first-order chi connectivity index (χ1) is 8.28. The summed E-state index contributed by atoms with van der Waals surface area (Å²) in [6.45, 7) is -1.07. The minimum atomic E-state index is -5.07. The van der Waals surface area contributed by atoms with Crippen molar-refractivity contribution in [2.75, 3.05) is 7.11 Å². The van der Waals surface area contributed by atoms with E-state index in [4.69, 9.17) is 5.11 Å². The van der Waals surface area contributed by atoms with Gasteiger partial charge in [0.15, 0.2) is 0 Å². The number of pyridine rings is 1. The molecule has 0 atom stereocenters. The van der Waals surface area contributed by atoms with Gasteiger partial charge in [0.1, 0.15) is 11.4 Å². The molecule has 0 aliphatic carbocycles. The van der Waals surface area contributed by atoms with Gasteiger partial charge in [-0.2, -0.15) is 0 Å². The Morgan fingerprint density at radius 2 is 2.00 bits per heavy atom. The highest BCUT2D eigenvalue weighted by Gasteiger charge is 2.34. The van der Waals surface area contributed by atoms with E-state index in [0.717, 1.165) is 7.11 Å². The lowest BCUT2D eigenvalue weighted by atomic mass is 10.2. The molecule has 0 aliphatic rings. The van der Waals surface area contributed by atoms with E-state index in [2.05, 4.69) is 14.5 Å². The van der Waals surface area contributed by atoms with Gasteiger partial charge in [0.2, 0.25) is 5.88 Å². The zero-order valence-electron chi connectivity index (χ0n) is 8.96. The van der Waals surface area contributed by atoms with Crippen LogP contribution in [-0.4, -0.2) is 23.6 Å². The summed E-state index contributed by atoms with van der Waals surface area (Å²) in [7, 11) is 1.05. The quantitative estimate of drug-likeness (QED) is 0.856. The van der Waals surface area contributed by atoms with Gasteiger partial charge in [-0.15, -0.1) is 13.2 Å². The Balaban J connectivity index is 3.33. The Kier molecular flexibility index (Phi) is 4.28. The number of alkyl halides is 5. The molecule has 0 spiro atoms. The Labute approximate surface area is 98.0 Å². The van der Waals surface area contributed by atoms with Crippen molar-refractivity contribution < 1.29 is 36.5 Å². The lowest BCUT2D eigenvalue weighted by Gasteiger charge is -2.15. The number of aromatic nitrogens is 1. The van der Waals surface area contributed by atoms with Gasteiger partial charge < -0.3 is 14.6 Å². The summed E-state index contributed by atoms with van der Waals surface area (Å²) in [5, 5.41) is 8.85. The topological polar surface area (TPSA) is 51.6 Å². The van der Waals surface area contributed by atoms with E-state index in [0.29, 0.717) is 6.07 Å². The first-order valence-electron chi connectivity index (χ1n) is 4.51. The van der Waals surface area contributed by atoms with E-state index in [1.165, 1.54) is 0 Å². The zero-order valence-corrected chi connectivity index (χ0v) is 8.96. The molecule has 0 amide bonds. The lowest BCUT2D eigenvalue weighted by Crippen LogP contribution is -2.19. The normalized spacial score (nSPS) is 11.8. The molecule has 1 N–H and O–H groups in total. The Hall–Kier alpha value is -1.64. The lowest BCUT2D eigenvalue weighted by molar-refractivity contribution is -0.275. The van der Waals surface area contributed by atoms with Crippen LogP contribution in [0, 0.1) is 0 Å². The van der Waals surface area contributed by atoms with Crippen molar-refractivity contribution in [1.29, 1.82) is 0 Å². The Morgan fingerprint density at radius 1 is 1.39 bits per heavy atom. The van der Waals surface area contributed by atoms with E-state index in [1.54, 1.807) is 0 Å². The Morgan fingerprint density at radius 3 is 2.39 bits per heavy atom. The summed E-state index contributed by atoms with van der Waals surface area (Å²) in [4.78, 5) is 3.27. The van der Waals surface area contributed by atoms with E-state index < -0.39 is 42.3 Å². The molecule has 0 saturated heterocycles. The van der Waals surface area contributed by atoms with Crippen LogP contribution in [0.3, 0.4) is 0 Å². The second-order valence-electron chi connectivity index (χ2n) is 3.03. The molecule has 18 heavy (non-hydrogen) atoms. The Bertz CT molecular complexity index is 421. The molecular formula is C9H8F5NO3. The number of methoxy groups -OCH3 is 1. The van der Waals surface area contributed by atoms with Crippen LogP contribution in [0.15, 0.2) is 6.07 Å². The van der Waals surface area contributed by atoms with E-state index in [-0.39, 0.29) is 0 Å². The highest BCUT2D eigenvalue weighted by molar-refractivity contribution is 5.40. The highest BCUT2D eigenvalue weighted by atomic mass is 19.4. The SMILES string of the molecule is COc1cc(OC(F)(F)F)c(CO)c(C(F)F)n1. The number of aliphatic hydroxyl groups is 1. The molecule has 0 saturated carbocycles. The van der Waals surface area contributed by atoms with Crippen LogP contribution in [0.5, 0.6) is 11.6 Å². The second kappa shape index (κ2) is 5.34. The number of rotatable bonds is 4. The van der Waals surface area contributed by atoms with Crippen LogP contribution in [0.1, 0.15) is 17.7 Å². The number of halogens is 5. The average molecular weight is 273 g/mol. The van der Waals surface area contributed by atoms with Crippen LogP contribution in [0.2, 0.25) is 0 Å². The van der Waals surface area contributed by atoms with Crippen molar-refractivity contribution in [3.05, 3.63) is 17.3 Å². The third-order valence-corrected chi connectivity index (χ3v) is 1.89. The predicted octanol–water partition coefficient (Wildman–Crippen LogP) is 2.42. The fourth-order valence-corrected chi connectivity index (χ4v) is 1.20. The summed E-state index contributed by atoms with van der Waals surface area (Å²) in [5.41, 5.74) is -1.75. The van der Waals surface area contributed by atoms with Crippen LogP contribution < -0.4 is 9.47 Å². The fourth-order valence-electron chi connectivity index (χ4n) is 1.20. The molecule has 1 heterocycles. The van der Waals surface area contributed by atoms with E-state index in [1.807, 2.05) is 0 Å². The molecular weight excluding hydrogens is 265 g/mol. The average Bonchev–Trinajstić information content (AvgIpc) is 2.25. The summed E-state index contributed by atoms with van der Waals surface area (Å²) in [6.07, 6.45) is -8.24. The van der Waals surface area contributed by atoms with Gasteiger partial charge in [0, 0.05) is 11.6 Å². The third-order valence-electron chi connectivity index (χ3n) is 1.89. The smallest absolute Gasteiger partial charge is 0.481 e. The van der Waals surface area contributed by atoms with Gasteiger partial charge in [-0.05, 0) is 0 Å². The van der Waals surface area contributed by atoms with Gasteiger partial charge in [-0.3, -0.25) is 0 Å². The number of hydrogen-bond acceptors (Lipinski definition) is 4. The van der Waals surface area contributed by atoms with Crippen molar-refractivity contribution in [3.8, 4) is 11.6 Å². The second-order valence-corrected chi connectivity index (χ2v) is 3.03. The number of ether oxygens (including phenoxy) is 2. The molecule has 0 aliphatic heterocycles. The van der Waals surface area contributed by atoms with Gasteiger partial charge in [0.25, 0.3) is 6.43 Å². The summed E-state index contributed by atoms with van der Waals surface area (Å²) >= 11 is 0. The molecule has 1 aromatic heterocycles. The van der Waals surface area contributed by atoms with Gasteiger partial charge in [-0.25, -0.2) is 13.8 Å². The summed E-state index contributed by atoms with van der Waals surface area (Å²) < 4.78 is 69.4. The molecule has 1 rings (SSSR count). The van der Waals surface area contributed by atoms with Crippen LogP contribution in [-0.2, 0) is 6.61 Å². The maximum Gasteiger partial charge on any atom is 0.573 e. The first-order valence-corrected chi connectivity index (χ1v) is 4.51. The molecule has 0 unspecified atom stereocenters. The van der Waals surface area contributed by atoms with Crippen molar-refractivity contribution >= 4 is 0 Å². The number of hydrogen-bond donors (Lipinski definition) is 1. The molecule has 9 heteroatoms. The third kappa shape index (κ3) is 3.42. The molecule has 0 bridgehead atoms. The predicted molar refractivity (Wildman–Crippen MR) is 48.4 cm³/mol.